The van der Waals surface area contributed by atoms with Crippen LogP contribution in [0.15, 0.2) is 120 Å². The highest BCUT2D eigenvalue weighted by Gasteiger charge is 2.20. The molecule has 41 heavy (non-hydrogen) atoms. The lowest BCUT2D eigenvalue weighted by Gasteiger charge is -2.19. The van der Waals surface area contributed by atoms with Gasteiger partial charge >= 0.3 is 0 Å². The van der Waals surface area contributed by atoms with E-state index in [1.807, 2.05) is 79.8 Å². The zero-order valence-corrected chi connectivity index (χ0v) is 24.1. The molecule has 4 aromatic rings. The van der Waals surface area contributed by atoms with E-state index >= 15 is 0 Å². The lowest BCUT2D eigenvalue weighted by atomic mass is 9.88. The maximum atomic E-state index is 12.8. The highest BCUT2D eigenvalue weighted by Crippen LogP contribution is 2.26. The van der Waals surface area contributed by atoms with E-state index in [1.165, 1.54) is 17.7 Å². The van der Waals surface area contributed by atoms with Crippen LogP contribution in [-0.4, -0.2) is 38.7 Å². The van der Waals surface area contributed by atoms with E-state index < -0.39 is 15.9 Å². The lowest BCUT2D eigenvalue weighted by Crippen LogP contribution is -2.30. The number of carbonyl (C=O) groups excluding carboxylic acids is 2. The van der Waals surface area contributed by atoms with Gasteiger partial charge in [-0.1, -0.05) is 103 Å². The Morgan fingerprint density at radius 1 is 0.732 bits per heavy atom. The van der Waals surface area contributed by atoms with Gasteiger partial charge in [-0.2, -0.15) is 0 Å². The van der Waals surface area contributed by atoms with Crippen LogP contribution in [0.5, 0.6) is 0 Å². The molecule has 0 fully saturated rings. The first-order valence-corrected chi connectivity index (χ1v) is 15.3. The topological polar surface area (TPSA) is 83.6 Å². The van der Waals surface area contributed by atoms with Gasteiger partial charge in [0.05, 0.1) is 11.3 Å². The summed E-state index contributed by atoms with van der Waals surface area (Å²) in [5.41, 5.74) is 4.34. The number of benzene rings is 4. The Kier molecular flexibility index (Phi) is 10.5. The molecule has 7 heteroatoms. The van der Waals surface area contributed by atoms with Crippen LogP contribution in [0.2, 0.25) is 0 Å². The predicted molar refractivity (Wildman–Crippen MR) is 162 cm³/mol. The number of sulfonamides is 1. The fourth-order valence-corrected chi connectivity index (χ4v) is 5.77. The average Bonchev–Trinajstić information content (AvgIpc) is 3.00. The maximum Gasteiger partial charge on any atom is 0.264 e. The summed E-state index contributed by atoms with van der Waals surface area (Å²) in [6.45, 7) is 0.667. The Balaban J connectivity index is 1.33. The van der Waals surface area contributed by atoms with Crippen LogP contribution in [0.4, 0.5) is 0 Å². The van der Waals surface area contributed by atoms with Crippen molar-refractivity contribution in [3.63, 3.8) is 0 Å². The van der Waals surface area contributed by atoms with Crippen molar-refractivity contribution in [1.82, 2.24) is 9.62 Å². The first-order valence-electron chi connectivity index (χ1n) is 13.8. The van der Waals surface area contributed by atoms with Gasteiger partial charge in [0.15, 0.2) is 0 Å². The first-order chi connectivity index (χ1) is 19.8. The van der Waals surface area contributed by atoms with Crippen molar-refractivity contribution in [2.24, 2.45) is 0 Å². The van der Waals surface area contributed by atoms with Crippen LogP contribution in [0.3, 0.4) is 0 Å². The monoisotopic (exact) mass is 568 g/mol. The molecule has 0 aliphatic rings. The molecule has 0 saturated carbocycles. The molecule has 0 aliphatic heterocycles. The molecule has 1 N–H and O–H groups in total. The zero-order valence-electron chi connectivity index (χ0n) is 23.3. The largest absolute Gasteiger partial charge is 0.345 e. The van der Waals surface area contributed by atoms with Gasteiger partial charge in [0.2, 0.25) is 11.8 Å². The van der Waals surface area contributed by atoms with Crippen molar-refractivity contribution < 1.29 is 18.0 Å². The van der Waals surface area contributed by atoms with E-state index in [1.54, 1.807) is 23.1 Å². The summed E-state index contributed by atoms with van der Waals surface area (Å²) in [6.07, 6.45) is 2.41. The maximum absolute atomic E-state index is 12.8. The molecule has 1 unspecified atom stereocenters. The van der Waals surface area contributed by atoms with Gasteiger partial charge in [-0.15, -0.1) is 0 Å². The number of hydrogen-bond donors (Lipinski definition) is 1. The SMILES string of the molecule is CN(CCc1ccccc1)C(=O)Cc1ccc(CC(CCC(=O)NS(=O)(=O)c2ccccc2)c2ccccc2)cc1. The fraction of sp³-hybridized carbons (Fsp3) is 0.235. The zero-order chi connectivity index (χ0) is 29.1. The number of nitrogens with one attached hydrogen (secondary N) is 1. The van der Waals surface area contributed by atoms with E-state index in [4.69, 9.17) is 0 Å². The Morgan fingerprint density at radius 2 is 1.29 bits per heavy atom. The molecular weight excluding hydrogens is 532 g/mol. The average molecular weight is 569 g/mol. The predicted octanol–water partition coefficient (Wildman–Crippen LogP) is 5.54. The second kappa shape index (κ2) is 14.4. The minimum atomic E-state index is -3.90. The van der Waals surface area contributed by atoms with Crippen molar-refractivity contribution >= 4 is 21.8 Å². The summed E-state index contributed by atoms with van der Waals surface area (Å²) in [6, 6.07) is 36.0. The highest BCUT2D eigenvalue weighted by molar-refractivity contribution is 7.90. The van der Waals surface area contributed by atoms with Crippen molar-refractivity contribution in [3.05, 3.63) is 138 Å². The lowest BCUT2D eigenvalue weighted by molar-refractivity contribution is -0.129. The highest BCUT2D eigenvalue weighted by atomic mass is 32.2. The van der Waals surface area contributed by atoms with E-state index in [2.05, 4.69) is 16.9 Å². The molecule has 0 radical (unpaired) electrons. The first kappa shape index (κ1) is 29.7. The van der Waals surface area contributed by atoms with E-state index in [9.17, 15) is 18.0 Å². The molecular formula is C34H36N2O4S. The number of nitrogens with zero attached hydrogens (tertiary/aromatic N) is 1. The summed E-state index contributed by atoms with van der Waals surface area (Å²) in [7, 11) is -2.06. The summed E-state index contributed by atoms with van der Waals surface area (Å²) in [5.74, 6) is -0.426. The molecule has 4 rings (SSSR count). The van der Waals surface area contributed by atoms with Gasteiger partial charge in [-0.3, -0.25) is 9.59 Å². The van der Waals surface area contributed by atoms with Crippen molar-refractivity contribution in [2.45, 2.75) is 42.9 Å². The second-order valence-electron chi connectivity index (χ2n) is 10.2. The number of likely N-dealkylation sites (N-methyl/N-ethyl adjacent to an activating group) is 1. The molecule has 0 aliphatic carbocycles. The summed E-state index contributed by atoms with van der Waals surface area (Å²) in [5, 5.41) is 0. The molecule has 1 atom stereocenters. The Hall–Kier alpha value is -4.23. The molecule has 4 aromatic carbocycles. The third kappa shape index (κ3) is 9.15. The molecule has 2 amide bonds. The molecule has 0 saturated heterocycles. The minimum absolute atomic E-state index is 0.0259. The van der Waals surface area contributed by atoms with E-state index in [0.29, 0.717) is 25.8 Å². The quantitative estimate of drug-likeness (QED) is 0.230. The summed E-state index contributed by atoms with van der Waals surface area (Å²) < 4.78 is 27.3. The third-order valence-electron chi connectivity index (χ3n) is 7.16. The van der Waals surface area contributed by atoms with Crippen LogP contribution < -0.4 is 4.72 Å². The smallest absolute Gasteiger partial charge is 0.264 e. The standard InChI is InChI=1S/C34H36N2O4S/c1-36(24-23-27-11-5-2-6-12-27)34(38)26-29-19-17-28(18-20-29)25-31(30-13-7-3-8-14-30)21-22-33(37)35-41(39,40)32-15-9-4-10-16-32/h2-20,31H,21-26H2,1H3,(H,35,37). The van der Waals surface area contributed by atoms with Crippen LogP contribution >= 0.6 is 0 Å². The van der Waals surface area contributed by atoms with Crippen molar-refractivity contribution in [1.29, 1.82) is 0 Å². The van der Waals surface area contributed by atoms with Crippen LogP contribution in [0, 0.1) is 0 Å². The van der Waals surface area contributed by atoms with Crippen LogP contribution in [0.25, 0.3) is 0 Å². The summed E-state index contributed by atoms with van der Waals surface area (Å²) >= 11 is 0. The second-order valence-corrected chi connectivity index (χ2v) is 11.9. The minimum Gasteiger partial charge on any atom is -0.345 e. The number of hydrogen-bond acceptors (Lipinski definition) is 4. The number of rotatable bonds is 13. The van der Waals surface area contributed by atoms with Gasteiger partial charge in [-0.05, 0) is 59.6 Å². The van der Waals surface area contributed by atoms with Crippen LogP contribution in [0.1, 0.15) is 41.0 Å². The molecule has 0 spiro atoms. The Bertz CT molecular complexity index is 1510. The van der Waals surface area contributed by atoms with Gasteiger partial charge in [0.1, 0.15) is 0 Å². The molecule has 212 valence electrons. The van der Waals surface area contributed by atoms with Gasteiger partial charge in [0.25, 0.3) is 10.0 Å². The van der Waals surface area contributed by atoms with Crippen molar-refractivity contribution in [2.75, 3.05) is 13.6 Å². The molecule has 0 aromatic heterocycles. The Morgan fingerprint density at radius 3 is 1.93 bits per heavy atom. The van der Waals surface area contributed by atoms with Gasteiger partial charge in [0, 0.05) is 20.0 Å². The molecule has 6 nitrogen and oxygen atoms in total. The van der Waals surface area contributed by atoms with E-state index in [0.717, 1.165) is 23.1 Å². The number of amides is 2. The molecule has 0 bridgehead atoms. The normalized spacial score (nSPS) is 11.9. The summed E-state index contributed by atoms with van der Waals surface area (Å²) in [4.78, 5) is 27.2. The van der Waals surface area contributed by atoms with Crippen molar-refractivity contribution in [3.8, 4) is 0 Å². The third-order valence-corrected chi connectivity index (χ3v) is 8.55. The van der Waals surface area contributed by atoms with E-state index in [-0.39, 0.29) is 23.1 Å². The number of carbonyl (C=O) groups is 2. The molecule has 0 heterocycles. The van der Waals surface area contributed by atoms with Gasteiger partial charge < -0.3 is 4.90 Å². The van der Waals surface area contributed by atoms with Gasteiger partial charge in [-0.25, -0.2) is 13.1 Å². The van der Waals surface area contributed by atoms with Crippen LogP contribution in [-0.2, 0) is 38.9 Å². The Labute approximate surface area is 243 Å². The fourth-order valence-electron chi connectivity index (χ4n) is 4.73.